The lowest BCUT2D eigenvalue weighted by Crippen LogP contribution is -2.50. The Hall–Kier alpha value is -2.25. The van der Waals surface area contributed by atoms with E-state index in [-0.39, 0.29) is 18.1 Å². The quantitative estimate of drug-likeness (QED) is 0.824. The molecule has 2 atom stereocenters. The van der Waals surface area contributed by atoms with Crippen LogP contribution in [0.1, 0.15) is 18.4 Å². The minimum atomic E-state index is -0.130. The highest BCUT2D eigenvalue weighted by Gasteiger charge is 2.27. The predicted molar refractivity (Wildman–Crippen MR) is 87.0 cm³/mol. The molecule has 0 aliphatic carbocycles. The van der Waals surface area contributed by atoms with Crippen molar-refractivity contribution < 1.29 is 14.3 Å². The van der Waals surface area contributed by atoms with Gasteiger partial charge in [-0.2, -0.15) is 5.10 Å². The molecule has 0 saturated carbocycles. The van der Waals surface area contributed by atoms with E-state index in [1.165, 1.54) is 6.33 Å². The zero-order valence-corrected chi connectivity index (χ0v) is 13.5. The Kier molecular flexibility index (Phi) is 5.92. The second-order valence-corrected chi connectivity index (χ2v) is 5.78. The number of benzene rings is 1. The number of aromatic nitrogens is 3. The Labute approximate surface area is 141 Å². The van der Waals surface area contributed by atoms with Crippen molar-refractivity contribution >= 4 is 5.91 Å². The third-order valence-electron chi connectivity index (χ3n) is 3.99. The molecule has 1 aromatic heterocycles. The molecule has 1 saturated heterocycles. The van der Waals surface area contributed by atoms with Crippen molar-refractivity contribution in [2.75, 3.05) is 13.2 Å². The minimum absolute atomic E-state index is 0.00860. The molecule has 2 aromatic rings. The molecular weight excluding hydrogens is 308 g/mol. The summed E-state index contributed by atoms with van der Waals surface area (Å²) in [6, 6.07) is 9.97. The number of carbonyl (C=O) groups is 1. The van der Waals surface area contributed by atoms with Crippen LogP contribution in [-0.2, 0) is 27.4 Å². The number of hydrogen-bond donors (Lipinski definition) is 1. The molecule has 1 fully saturated rings. The highest BCUT2D eigenvalue weighted by atomic mass is 16.5. The van der Waals surface area contributed by atoms with Crippen molar-refractivity contribution in [1.29, 1.82) is 0 Å². The van der Waals surface area contributed by atoms with Gasteiger partial charge < -0.3 is 14.8 Å². The van der Waals surface area contributed by atoms with Gasteiger partial charge in [-0.05, 0) is 12.0 Å². The van der Waals surface area contributed by atoms with Crippen LogP contribution in [0.2, 0.25) is 0 Å². The molecular formula is C17H22N4O3. The number of ether oxygens (including phenoxy) is 2. The predicted octanol–water partition coefficient (Wildman–Crippen LogP) is 1.16. The van der Waals surface area contributed by atoms with Crippen LogP contribution in [0.3, 0.4) is 0 Å². The van der Waals surface area contributed by atoms with Gasteiger partial charge in [-0.15, -0.1) is 0 Å². The summed E-state index contributed by atoms with van der Waals surface area (Å²) in [6.07, 6.45) is 4.06. The summed E-state index contributed by atoms with van der Waals surface area (Å²) in [5, 5.41) is 7.06. The number of aryl methyl sites for hydroxylation is 1. The molecule has 0 spiro atoms. The number of rotatable bonds is 7. The first-order valence-electron chi connectivity index (χ1n) is 8.16. The summed E-state index contributed by atoms with van der Waals surface area (Å²) in [5.74, 6) is -0.00860. The van der Waals surface area contributed by atoms with Crippen LogP contribution in [0.5, 0.6) is 0 Å². The van der Waals surface area contributed by atoms with E-state index < -0.39 is 0 Å². The second kappa shape index (κ2) is 8.56. The third kappa shape index (κ3) is 4.87. The van der Waals surface area contributed by atoms with Gasteiger partial charge in [0.1, 0.15) is 18.8 Å². The van der Waals surface area contributed by atoms with Crippen LogP contribution < -0.4 is 5.32 Å². The molecule has 24 heavy (non-hydrogen) atoms. The molecule has 1 aliphatic rings. The highest BCUT2D eigenvalue weighted by molar-refractivity contribution is 5.76. The van der Waals surface area contributed by atoms with Crippen LogP contribution in [0.4, 0.5) is 0 Å². The standard InChI is InChI=1S/C17H22N4O3/c22-17(6-8-21-13-18-12-19-21)20-15-7-9-23-11-16(15)24-10-14-4-2-1-3-5-14/h1-5,12-13,15-16H,6-11H2,(H,20,22). The molecule has 0 radical (unpaired) electrons. The van der Waals surface area contributed by atoms with Crippen molar-refractivity contribution in [3.63, 3.8) is 0 Å². The molecule has 3 rings (SSSR count). The monoisotopic (exact) mass is 330 g/mol. The highest BCUT2D eigenvalue weighted by Crippen LogP contribution is 2.14. The lowest BCUT2D eigenvalue weighted by Gasteiger charge is -2.32. The van der Waals surface area contributed by atoms with E-state index in [1.54, 1.807) is 11.0 Å². The van der Waals surface area contributed by atoms with Gasteiger partial charge in [0.05, 0.1) is 25.8 Å². The first-order chi connectivity index (χ1) is 11.8. The normalized spacial score (nSPS) is 20.7. The van der Waals surface area contributed by atoms with Crippen molar-refractivity contribution in [1.82, 2.24) is 20.1 Å². The molecule has 7 nitrogen and oxygen atoms in total. The van der Waals surface area contributed by atoms with Crippen molar-refractivity contribution in [3.8, 4) is 0 Å². The molecule has 1 amide bonds. The van der Waals surface area contributed by atoms with Crippen LogP contribution >= 0.6 is 0 Å². The van der Waals surface area contributed by atoms with Crippen LogP contribution in [0, 0.1) is 0 Å². The molecule has 7 heteroatoms. The van der Waals surface area contributed by atoms with Gasteiger partial charge in [0, 0.05) is 13.0 Å². The molecule has 0 bridgehead atoms. The summed E-state index contributed by atoms with van der Waals surface area (Å²) in [5.41, 5.74) is 1.11. The largest absolute Gasteiger partial charge is 0.379 e. The summed E-state index contributed by atoms with van der Waals surface area (Å²) in [6.45, 7) is 2.17. The van der Waals surface area contributed by atoms with Gasteiger partial charge in [-0.1, -0.05) is 30.3 Å². The van der Waals surface area contributed by atoms with Crippen molar-refractivity contribution in [2.24, 2.45) is 0 Å². The summed E-state index contributed by atoms with van der Waals surface area (Å²) < 4.78 is 13.1. The number of carbonyl (C=O) groups excluding carboxylic acids is 1. The van der Waals surface area contributed by atoms with Crippen LogP contribution in [0.25, 0.3) is 0 Å². The van der Waals surface area contributed by atoms with Crippen LogP contribution in [-0.4, -0.2) is 46.0 Å². The minimum Gasteiger partial charge on any atom is -0.379 e. The van der Waals surface area contributed by atoms with E-state index in [0.717, 1.165) is 12.0 Å². The van der Waals surface area contributed by atoms with Gasteiger partial charge in [0.2, 0.25) is 5.91 Å². The molecule has 2 unspecified atom stereocenters. The summed E-state index contributed by atoms with van der Waals surface area (Å²) in [4.78, 5) is 16.0. The lowest BCUT2D eigenvalue weighted by molar-refractivity contribution is -0.126. The van der Waals surface area contributed by atoms with Gasteiger partial charge in [-0.3, -0.25) is 9.48 Å². The van der Waals surface area contributed by atoms with Crippen molar-refractivity contribution in [3.05, 3.63) is 48.5 Å². The maximum absolute atomic E-state index is 12.2. The van der Waals surface area contributed by atoms with Crippen LogP contribution in [0.15, 0.2) is 43.0 Å². The van der Waals surface area contributed by atoms with Gasteiger partial charge in [0.15, 0.2) is 0 Å². The van der Waals surface area contributed by atoms with Gasteiger partial charge in [0.25, 0.3) is 0 Å². The fourth-order valence-electron chi connectivity index (χ4n) is 2.66. The average molecular weight is 330 g/mol. The van der Waals surface area contributed by atoms with Gasteiger partial charge >= 0.3 is 0 Å². The Morgan fingerprint density at radius 3 is 3.04 bits per heavy atom. The third-order valence-corrected chi connectivity index (χ3v) is 3.99. The molecule has 1 N–H and O–H groups in total. The smallest absolute Gasteiger partial charge is 0.222 e. The molecule has 128 valence electrons. The molecule has 1 aromatic carbocycles. The van der Waals surface area contributed by atoms with E-state index in [4.69, 9.17) is 9.47 Å². The Balaban J connectivity index is 1.47. The van der Waals surface area contributed by atoms with E-state index in [1.807, 2.05) is 30.3 Å². The topological polar surface area (TPSA) is 78.3 Å². The number of nitrogens with one attached hydrogen (secondary N) is 1. The second-order valence-electron chi connectivity index (χ2n) is 5.78. The van der Waals surface area contributed by atoms with E-state index in [2.05, 4.69) is 15.4 Å². The summed E-state index contributed by atoms with van der Waals surface area (Å²) in [7, 11) is 0. The first-order valence-corrected chi connectivity index (χ1v) is 8.16. The fraction of sp³-hybridized carbons (Fsp3) is 0.471. The van der Waals surface area contributed by atoms with Crippen molar-refractivity contribution in [2.45, 2.75) is 38.1 Å². The molecule has 1 aliphatic heterocycles. The Morgan fingerprint density at radius 1 is 1.38 bits per heavy atom. The number of nitrogens with zero attached hydrogens (tertiary/aromatic N) is 3. The zero-order valence-electron chi connectivity index (χ0n) is 13.5. The molecule has 2 heterocycles. The zero-order chi connectivity index (χ0) is 16.6. The lowest BCUT2D eigenvalue weighted by atomic mass is 10.1. The number of amides is 1. The Bertz CT molecular complexity index is 618. The van der Waals surface area contributed by atoms with E-state index in [9.17, 15) is 4.79 Å². The fourth-order valence-corrected chi connectivity index (χ4v) is 2.66. The van der Waals surface area contributed by atoms with E-state index in [0.29, 0.717) is 32.8 Å². The SMILES string of the molecule is O=C(CCn1cncn1)NC1CCOCC1OCc1ccccc1. The number of hydrogen-bond acceptors (Lipinski definition) is 5. The maximum atomic E-state index is 12.2. The Morgan fingerprint density at radius 2 is 2.25 bits per heavy atom. The summed E-state index contributed by atoms with van der Waals surface area (Å²) >= 11 is 0. The first kappa shape index (κ1) is 16.6. The van der Waals surface area contributed by atoms with E-state index >= 15 is 0 Å². The maximum Gasteiger partial charge on any atom is 0.222 e. The van der Waals surface area contributed by atoms with Gasteiger partial charge in [-0.25, -0.2) is 4.98 Å². The average Bonchev–Trinajstić information content (AvgIpc) is 3.14.